The number of hydrogen-bond acceptors (Lipinski definition) is 17. The van der Waals surface area contributed by atoms with Gasteiger partial charge in [-0.2, -0.15) is 5.10 Å². The quantitative estimate of drug-likeness (QED) is 0.108. The Kier molecular flexibility index (Phi) is 17.6. The fourth-order valence-corrected chi connectivity index (χ4v) is 9.84. The summed E-state index contributed by atoms with van der Waals surface area (Å²) in [6, 6.07) is 46.5. The molecular formula is C58H49Cl2N13O2S2. The Bertz CT molecular complexity index is 3940. The normalized spacial score (nSPS) is 10.5. The number of ether oxygens (including phenoxy) is 2. The fourth-order valence-electron chi connectivity index (χ4n) is 7.85. The van der Waals surface area contributed by atoms with Crippen LogP contribution in [0.5, 0.6) is 23.3 Å². The zero-order chi connectivity index (χ0) is 51.7. The number of benzene rings is 4. The third-order valence-corrected chi connectivity index (χ3v) is 13.8. The summed E-state index contributed by atoms with van der Waals surface area (Å²) < 4.78 is 11.9. The Hall–Kier alpha value is -9.00. The topological polar surface area (TPSA) is 225 Å². The molecule has 8 heterocycles. The van der Waals surface area contributed by atoms with Gasteiger partial charge in [-0.05, 0) is 126 Å². The van der Waals surface area contributed by atoms with Gasteiger partial charge in [0.15, 0.2) is 5.15 Å². The zero-order valence-corrected chi connectivity index (χ0v) is 43.9. The van der Waals surface area contributed by atoms with Gasteiger partial charge in [0.05, 0.1) is 38.0 Å². The van der Waals surface area contributed by atoms with Crippen LogP contribution in [0.15, 0.2) is 181 Å². The molecule has 12 aromatic rings. The fraction of sp³-hybridized carbons (Fsp3) is 0.0690. The summed E-state index contributed by atoms with van der Waals surface area (Å²) in [7, 11) is 0. The van der Waals surface area contributed by atoms with Gasteiger partial charge >= 0.3 is 0 Å². The molecule has 15 nitrogen and oxygen atoms in total. The highest BCUT2D eigenvalue weighted by Gasteiger charge is 2.16. The van der Waals surface area contributed by atoms with Crippen LogP contribution in [0.1, 0.15) is 29.8 Å². The van der Waals surface area contributed by atoms with Crippen LogP contribution < -0.4 is 26.7 Å². The molecule has 0 aliphatic carbocycles. The van der Waals surface area contributed by atoms with Crippen molar-refractivity contribution >= 4 is 85.8 Å². The van der Waals surface area contributed by atoms with E-state index in [4.69, 9.17) is 38.3 Å². The number of hydrogen-bond donors (Lipinski definition) is 3. The number of nitrogens with zero attached hydrogens (tertiary/aromatic N) is 10. The second-order valence-electron chi connectivity index (χ2n) is 16.8. The van der Waals surface area contributed by atoms with E-state index < -0.39 is 0 Å². The maximum Gasteiger partial charge on any atom is 0.228 e. The van der Waals surface area contributed by atoms with E-state index in [0.29, 0.717) is 51.9 Å². The molecule has 4 aromatic carbocycles. The van der Waals surface area contributed by atoms with E-state index in [9.17, 15) is 0 Å². The molecule has 0 saturated heterocycles. The average molecular weight is 1100 g/mol. The summed E-state index contributed by atoms with van der Waals surface area (Å²) in [6.07, 6.45) is 7.21. The van der Waals surface area contributed by atoms with Gasteiger partial charge in [-0.3, -0.25) is 0 Å². The van der Waals surface area contributed by atoms with Crippen LogP contribution in [0.4, 0.5) is 17.6 Å². The van der Waals surface area contributed by atoms with Crippen LogP contribution in [0.25, 0.3) is 65.2 Å². The van der Waals surface area contributed by atoms with Gasteiger partial charge in [-0.1, -0.05) is 79.7 Å². The highest BCUT2D eigenvalue weighted by atomic mass is 35.5. The third kappa shape index (κ3) is 13.1. The molecule has 0 fully saturated rings. The van der Waals surface area contributed by atoms with Crippen molar-refractivity contribution < 1.29 is 9.47 Å². The lowest BCUT2D eigenvalue weighted by atomic mass is 10.0. The first-order valence-corrected chi connectivity index (χ1v) is 25.4. The number of fused-ring (bicyclic) bond motifs is 2. The number of rotatable bonds is 10. The van der Waals surface area contributed by atoms with Crippen LogP contribution in [-0.4, -0.2) is 50.3 Å². The van der Waals surface area contributed by atoms with Gasteiger partial charge < -0.3 is 26.7 Å². The molecule has 12 rings (SSSR count). The van der Waals surface area contributed by atoms with Crippen molar-refractivity contribution in [2.45, 2.75) is 27.7 Å². The largest absolute Gasteiger partial charge is 0.438 e. The highest BCUT2D eigenvalue weighted by molar-refractivity contribution is 7.14. The number of thiophene rings is 2. The number of halogens is 2. The van der Waals surface area contributed by atoms with Gasteiger partial charge in [0.1, 0.15) is 22.9 Å². The Morgan fingerprint density at radius 3 is 1.45 bits per heavy atom. The Balaban J connectivity index is 0.000000166. The summed E-state index contributed by atoms with van der Waals surface area (Å²) in [6.45, 7) is 4.17. The number of nitrogens with two attached hydrogens (primary N) is 3. The maximum atomic E-state index is 6.11. The summed E-state index contributed by atoms with van der Waals surface area (Å²) in [4.78, 5) is 27.2. The molecule has 0 amide bonds. The molecule has 0 saturated carbocycles. The molecule has 77 heavy (non-hydrogen) atoms. The molecule has 384 valence electrons. The summed E-state index contributed by atoms with van der Waals surface area (Å²) in [5, 5.41) is 26.4. The van der Waals surface area contributed by atoms with Crippen LogP contribution in [0.3, 0.4) is 0 Å². The van der Waals surface area contributed by atoms with Gasteiger partial charge in [-0.15, -0.1) is 50.4 Å². The van der Waals surface area contributed by atoms with Gasteiger partial charge in [0.25, 0.3) is 0 Å². The van der Waals surface area contributed by atoms with Gasteiger partial charge in [0.2, 0.25) is 23.7 Å². The van der Waals surface area contributed by atoms with Crippen LogP contribution >= 0.6 is 46.7 Å². The lowest BCUT2D eigenvalue weighted by molar-refractivity contribution is 0.464. The van der Waals surface area contributed by atoms with Crippen molar-refractivity contribution in [2.75, 3.05) is 17.2 Å². The number of aromatic nitrogens is 10. The molecule has 0 aliphatic heterocycles. The lowest BCUT2D eigenvalue weighted by Crippen LogP contribution is -1.99. The van der Waals surface area contributed by atoms with Crippen molar-refractivity contribution in [3.05, 3.63) is 209 Å². The van der Waals surface area contributed by atoms with E-state index in [2.05, 4.69) is 99.2 Å². The number of nitrogen functional groups attached to an aromatic ring is 3. The Morgan fingerprint density at radius 2 is 0.961 bits per heavy atom. The Morgan fingerprint density at radius 1 is 0.494 bits per heavy atom. The minimum Gasteiger partial charge on any atom is -0.438 e. The number of anilines is 3. The molecule has 0 bridgehead atoms. The van der Waals surface area contributed by atoms with Crippen molar-refractivity contribution in [2.24, 2.45) is 0 Å². The van der Waals surface area contributed by atoms with Crippen LogP contribution in [0.2, 0.25) is 5.15 Å². The summed E-state index contributed by atoms with van der Waals surface area (Å²) in [5.74, 6) is 2.61. The summed E-state index contributed by atoms with van der Waals surface area (Å²) >= 11 is 9.42. The average Bonchev–Trinajstić information content (AvgIpc) is 4.08. The first-order chi connectivity index (χ1) is 36.6. The van der Waals surface area contributed by atoms with Crippen molar-refractivity contribution in [1.82, 2.24) is 50.3 Å². The molecule has 0 radical (unpaired) electrons. The van der Waals surface area contributed by atoms with Crippen molar-refractivity contribution in [3.8, 4) is 66.9 Å². The SMILES string of the molecule is C.Cc1csc(-c2nnc(Cc3ccc(Oc4ncccc4-c4ccnc(N)n4)cc3)c3ccccc23)c1.Cc1csc(-c2nnc(Cl)c3ccccc23)c1.Cl.Nc1ccc(Oc2ncccc2-c2ccnc(N)n2)cc1. The lowest BCUT2D eigenvalue weighted by Gasteiger charge is -2.11. The second kappa shape index (κ2) is 25.0. The predicted octanol–water partition coefficient (Wildman–Crippen LogP) is 14.4. The van der Waals surface area contributed by atoms with E-state index in [0.717, 1.165) is 65.1 Å². The van der Waals surface area contributed by atoms with Gasteiger partial charge in [-0.25, -0.2) is 29.9 Å². The molecule has 8 aromatic heterocycles. The molecule has 0 atom stereocenters. The van der Waals surface area contributed by atoms with E-state index in [-0.39, 0.29) is 31.7 Å². The predicted molar refractivity (Wildman–Crippen MR) is 314 cm³/mol. The minimum atomic E-state index is 0. The van der Waals surface area contributed by atoms with Crippen molar-refractivity contribution in [3.63, 3.8) is 0 Å². The Labute approximate surface area is 463 Å². The molecule has 19 heteroatoms. The third-order valence-electron chi connectivity index (χ3n) is 11.4. The second-order valence-corrected chi connectivity index (χ2v) is 19.0. The van der Waals surface area contributed by atoms with Crippen molar-refractivity contribution in [1.29, 1.82) is 0 Å². The zero-order valence-electron chi connectivity index (χ0n) is 40.7. The molecule has 0 unspecified atom stereocenters. The summed E-state index contributed by atoms with van der Waals surface area (Å²) in [5.41, 5.74) is 26.8. The maximum absolute atomic E-state index is 6.11. The van der Waals surface area contributed by atoms with E-state index in [1.807, 2.05) is 84.9 Å². The minimum absolute atomic E-state index is 0. The number of pyridine rings is 2. The van der Waals surface area contributed by atoms with Crippen LogP contribution in [-0.2, 0) is 6.42 Å². The molecule has 6 N–H and O–H groups in total. The number of aryl methyl sites for hydroxylation is 2. The monoisotopic (exact) mass is 1090 g/mol. The first-order valence-electron chi connectivity index (χ1n) is 23.3. The van der Waals surface area contributed by atoms with E-state index in [1.165, 1.54) is 11.1 Å². The molecular weight excluding hydrogens is 1050 g/mol. The standard InChI is InChI=1S/C29H22N6OS.C15H13N5O.C13H9ClN2S.CH4.ClH/c1-18-15-26(37-17-18)27-22-6-3-2-5-21(22)25(34-35-27)16-19-8-10-20(11-9-19)36-28-23(7-4-13-31-28)24-12-14-32-29(30)33-24;16-10-3-5-11(6-4-10)21-14-12(2-1-8-18-14)13-7-9-19-15(17)20-13;1-8-6-11(17-7-8)12-9-4-2-3-5-10(9)13(14)16-15-12;;/h2-15,17H,16H2,1H3,(H2,30,32,33);1-9H,16H2,(H2,17,19,20);2-7H,1H3;1H4;1H. The van der Waals surface area contributed by atoms with E-state index in [1.54, 1.807) is 83.9 Å². The highest BCUT2D eigenvalue weighted by Crippen LogP contribution is 2.36. The first kappa shape index (κ1) is 54.3. The molecule has 0 aliphatic rings. The van der Waals surface area contributed by atoms with E-state index >= 15 is 0 Å². The smallest absolute Gasteiger partial charge is 0.228 e. The van der Waals surface area contributed by atoms with Crippen LogP contribution in [0, 0.1) is 13.8 Å². The van der Waals surface area contributed by atoms with Gasteiger partial charge in [0, 0.05) is 58.4 Å². The molecule has 0 spiro atoms.